The van der Waals surface area contributed by atoms with E-state index in [4.69, 9.17) is 9.73 Å². The van der Waals surface area contributed by atoms with Crippen molar-refractivity contribution < 1.29 is 22.7 Å². The Bertz CT molecular complexity index is 1020. The molecule has 1 aromatic carbocycles. The molecule has 1 amide bonds. The van der Waals surface area contributed by atoms with E-state index in [1.165, 1.54) is 6.07 Å². The standard InChI is InChI=1S/C24H29F3N4O2/c1-30(13-14-33-2)22-8-7-19-20(29-22)15-21(28-19)23(32)31-11-9-16(10-12-31)17-5-3-4-6-18(17)24(25,26)27/h3-6,15-16,28H,7-14H2,1-2H3. The van der Waals surface area contributed by atoms with Gasteiger partial charge in [-0.25, -0.2) is 4.99 Å². The molecule has 0 atom stereocenters. The van der Waals surface area contributed by atoms with E-state index < -0.39 is 11.7 Å². The molecular formula is C24H29F3N4O2. The predicted molar refractivity (Wildman–Crippen MR) is 120 cm³/mol. The fourth-order valence-electron chi connectivity index (χ4n) is 4.63. The lowest BCUT2D eigenvalue weighted by Gasteiger charge is -2.33. The number of H-pyrrole nitrogens is 1. The molecule has 2 aliphatic heterocycles. The number of methoxy groups -OCH3 is 1. The van der Waals surface area contributed by atoms with E-state index >= 15 is 0 Å². The number of likely N-dealkylation sites (N-methyl/N-ethyl adjacent to an activating group) is 1. The average molecular weight is 463 g/mol. The molecule has 4 rings (SSSR count). The van der Waals surface area contributed by atoms with Gasteiger partial charge in [0, 0.05) is 45.9 Å². The molecule has 2 aromatic rings. The summed E-state index contributed by atoms with van der Waals surface area (Å²) in [5.74, 6) is 0.622. The number of aromatic nitrogens is 1. The van der Waals surface area contributed by atoms with E-state index in [-0.39, 0.29) is 11.8 Å². The largest absolute Gasteiger partial charge is 0.416 e. The maximum atomic E-state index is 13.4. The maximum Gasteiger partial charge on any atom is 0.416 e. The second-order valence-electron chi connectivity index (χ2n) is 8.64. The zero-order valence-corrected chi connectivity index (χ0v) is 18.9. The van der Waals surface area contributed by atoms with Crippen molar-refractivity contribution in [3.05, 3.63) is 52.8 Å². The maximum absolute atomic E-state index is 13.4. The highest BCUT2D eigenvalue weighted by molar-refractivity contribution is 5.95. The van der Waals surface area contributed by atoms with Crippen molar-refractivity contribution in [1.82, 2.24) is 14.8 Å². The number of fused-ring (bicyclic) bond motifs is 1. The number of aromatic amines is 1. The van der Waals surface area contributed by atoms with Crippen molar-refractivity contribution in [3.8, 4) is 0 Å². The first kappa shape index (κ1) is 23.4. The SMILES string of the molecule is COCCN(C)C1=Nc2cc(C(=O)N3CCC(c4ccccc4C(F)(F)F)CC3)[nH]c2CC1. The van der Waals surface area contributed by atoms with Crippen molar-refractivity contribution in [2.75, 3.05) is 40.4 Å². The van der Waals surface area contributed by atoms with Gasteiger partial charge in [-0.1, -0.05) is 18.2 Å². The first-order valence-electron chi connectivity index (χ1n) is 11.2. The summed E-state index contributed by atoms with van der Waals surface area (Å²) in [4.78, 5) is 24.8. The number of aryl methyl sites for hydroxylation is 1. The van der Waals surface area contributed by atoms with Gasteiger partial charge in [-0.2, -0.15) is 13.2 Å². The molecule has 0 unspecified atom stereocenters. The Morgan fingerprint density at radius 3 is 2.67 bits per heavy atom. The van der Waals surface area contributed by atoms with E-state index in [1.807, 2.05) is 7.05 Å². The van der Waals surface area contributed by atoms with E-state index in [0.717, 1.165) is 42.7 Å². The van der Waals surface area contributed by atoms with Gasteiger partial charge in [-0.05, 0) is 42.9 Å². The molecule has 1 aromatic heterocycles. The van der Waals surface area contributed by atoms with Crippen LogP contribution in [0.2, 0.25) is 0 Å². The van der Waals surface area contributed by atoms with E-state index in [2.05, 4.69) is 9.88 Å². The number of amidine groups is 1. The highest BCUT2D eigenvalue weighted by Gasteiger charge is 2.36. The van der Waals surface area contributed by atoms with E-state index in [1.54, 1.807) is 30.2 Å². The van der Waals surface area contributed by atoms with Gasteiger partial charge >= 0.3 is 6.18 Å². The van der Waals surface area contributed by atoms with Gasteiger partial charge in [0.1, 0.15) is 11.5 Å². The molecule has 0 radical (unpaired) electrons. The summed E-state index contributed by atoms with van der Waals surface area (Å²) in [5, 5.41) is 0. The average Bonchev–Trinajstić information content (AvgIpc) is 3.25. The van der Waals surface area contributed by atoms with Crippen molar-refractivity contribution in [1.29, 1.82) is 0 Å². The van der Waals surface area contributed by atoms with Crippen LogP contribution in [0.4, 0.5) is 18.9 Å². The summed E-state index contributed by atoms with van der Waals surface area (Å²) in [7, 11) is 3.64. The summed E-state index contributed by atoms with van der Waals surface area (Å²) < 4.78 is 45.3. The number of ether oxygens (including phenoxy) is 1. The van der Waals surface area contributed by atoms with Gasteiger partial charge in [0.15, 0.2) is 0 Å². The molecule has 0 spiro atoms. The predicted octanol–water partition coefficient (Wildman–Crippen LogP) is 4.61. The first-order chi connectivity index (χ1) is 15.8. The molecule has 6 nitrogen and oxygen atoms in total. The quantitative estimate of drug-likeness (QED) is 0.706. The number of hydrogen-bond acceptors (Lipinski definition) is 4. The highest BCUT2D eigenvalue weighted by atomic mass is 19.4. The number of alkyl halides is 3. The van der Waals surface area contributed by atoms with Crippen LogP contribution in [0.5, 0.6) is 0 Å². The molecule has 0 aliphatic carbocycles. The zero-order valence-electron chi connectivity index (χ0n) is 18.9. The van der Waals surface area contributed by atoms with Crippen LogP contribution in [0, 0.1) is 0 Å². The number of hydrogen-bond donors (Lipinski definition) is 1. The molecule has 178 valence electrons. The molecule has 9 heteroatoms. The van der Waals surface area contributed by atoms with Crippen LogP contribution < -0.4 is 0 Å². The molecule has 33 heavy (non-hydrogen) atoms. The van der Waals surface area contributed by atoms with Crippen LogP contribution in [0.3, 0.4) is 0 Å². The molecule has 1 N–H and O–H groups in total. The highest BCUT2D eigenvalue weighted by Crippen LogP contribution is 2.39. The lowest BCUT2D eigenvalue weighted by atomic mass is 9.86. The number of amides is 1. The van der Waals surface area contributed by atoms with Crippen LogP contribution in [0.15, 0.2) is 35.3 Å². The lowest BCUT2D eigenvalue weighted by Crippen LogP contribution is -2.38. The third-order valence-electron chi connectivity index (χ3n) is 6.51. The number of piperidine rings is 1. The Hall–Kier alpha value is -2.81. The smallest absolute Gasteiger partial charge is 0.383 e. The Morgan fingerprint density at radius 1 is 1.24 bits per heavy atom. The fourth-order valence-corrected chi connectivity index (χ4v) is 4.63. The van der Waals surface area contributed by atoms with Crippen LogP contribution in [-0.2, 0) is 17.3 Å². The number of halogens is 3. The number of carbonyl (C=O) groups is 1. The van der Waals surface area contributed by atoms with Gasteiger partial charge in [-0.3, -0.25) is 4.79 Å². The van der Waals surface area contributed by atoms with Crippen LogP contribution >= 0.6 is 0 Å². The van der Waals surface area contributed by atoms with Gasteiger partial charge in [0.25, 0.3) is 5.91 Å². The van der Waals surface area contributed by atoms with Gasteiger partial charge < -0.3 is 19.5 Å². The number of rotatable bonds is 5. The van der Waals surface area contributed by atoms with Crippen LogP contribution in [-0.4, -0.2) is 66.9 Å². The number of aliphatic imine (C=N–C) groups is 1. The van der Waals surface area contributed by atoms with Gasteiger partial charge in [0.05, 0.1) is 17.9 Å². The Balaban J connectivity index is 1.42. The molecular weight excluding hydrogens is 433 g/mol. The molecule has 1 fully saturated rings. The Morgan fingerprint density at radius 2 is 1.97 bits per heavy atom. The summed E-state index contributed by atoms with van der Waals surface area (Å²) in [6, 6.07) is 7.54. The van der Waals surface area contributed by atoms with E-state index in [0.29, 0.717) is 43.8 Å². The topological polar surface area (TPSA) is 60.9 Å². The van der Waals surface area contributed by atoms with Crippen molar-refractivity contribution in [2.45, 2.75) is 37.8 Å². The number of nitrogens with one attached hydrogen (secondary N) is 1. The minimum absolute atomic E-state index is 0.128. The number of benzene rings is 1. The lowest BCUT2D eigenvalue weighted by molar-refractivity contribution is -0.138. The fraction of sp³-hybridized carbons (Fsp3) is 0.500. The van der Waals surface area contributed by atoms with Crippen molar-refractivity contribution in [2.24, 2.45) is 4.99 Å². The van der Waals surface area contributed by atoms with E-state index in [9.17, 15) is 18.0 Å². The molecule has 2 aliphatic rings. The minimum atomic E-state index is -4.37. The number of carbonyl (C=O) groups excluding carboxylic acids is 1. The van der Waals surface area contributed by atoms with Crippen molar-refractivity contribution in [3.63, 3.8) is 0 Å². The Labute approximate surface area is 191 Å². The third kappa shape index (κ3) is 5.08. The van der Waals surface area contributed by atoms with Crippen LogP contribution in [0.1, 0.15) is 52.5 Å². The minimum Gasteiger partial charge on any atom is -0.383 e. The van der Waals surface area contributed by atoms with Gasteiger partial charge in [-0.15, -0.1) is 0 Å². The Kier molecular flexibility index (Phi) is 6.78. The normalized spacial score (nSPS) is 17.0. The zero-order chi connectivity index (χ0) is 23.6. The van der Waals surface area contributed by atoms with Gasteiger partial charge in [0.2, 0.25) is 0 Å². The second-order valence-corrected chi connectivity index (χ2v) is 8.64. The molecule has 0 bridgehead atoms. The molecule has 1 saturated heterocycles. The summed E-state index contributed by atoms with van der Waals surface area (Å²) in [6.07, 6.45) is -1.80. The number of nitrogens with zero attached hydrogens (tertiary/aromatic N) is 3. The van der Waals surface area contributed by atoms with Crippen molar-refractivity contribution >= 4 is 17.4 Å². The summed E-state index contributed by atoms with van der Waals surface area (Å²) >= 11 is 0. The summed E-state index contributed by atoms with van der Waals surface area (Å²) in [6.45, 7) is 2.21. The first-order valence-corrected chi connectivity index (χ1v) is 11.2. The monoisotopic (exact) mass is 462 g/mol. The second kappa shape index (κ2) is 9.59. The van der Waals surface area contributed by atoms with Crippen LogP contribution in [0.25, 0.3) is 0 Å². The third-order valence-corrected chi connectivity index (χ3v) is 6.51. The summed E-state index contributed by atoms with van der Waals surface area (Å²) in [5.41, 5.74) is 1.95. The number of likely N-dealkylation sites (tertiary alicyclic amines) is 1. The molecule has 3 heterocycles. The molecule has 0 saturated carbocycles.